The van der Waals surface area contributed by atoms with Gasteiger partial charge in [-0.25, -0.2) is 4.79 Å². The van der Waals surface area contributed by atoms with Gasteiger partial charge in [-0.05, 0) is 24.3 Å². The van der Waals surface area contributed by atoms with Crippen molar-refractivity contribution >= 4 is 17.4 Å². The third kappa shape index (κ3) is 3.48. The van der Waals surface area contributed by atoms with E-state index in [9.17, 15) is 4.79 Å². The first kappa shape index (κ1) is 11.9. The molecular formula is C11H14N6O. The monoisotopic (exact) mass is 246 g/mol. The van der Waals surface area contributed by atoms with E-state index in [1.54, 1.807) is 41.3 Å². The highest BCUT2D eigenvalue weighted by atomic mass is 16.2. The van der Waals surface area contributed by atoms with Crippen LogP contribution in [-0.2, 0) is 6.54 Å². The van der Waals surface area contributed by atoms with E-state index in [0.29, 0.717) is 24.5 Å². The molecule has 2 amide bonds. The van der Waals surface area contributed by atoms with Gasteiger partial charge in [-0.15, -0.1) is 5.10 Å². The van der Waals surface area contributed by atoms with Crippen molar-refractivity contribution in [2.24, 2.45) is 0 Å². The molecule has 0 aliphatic heterocycles. The van der Waals surface area contributed by atoms with Gasteiger partial charge in [0, 0.05) is 24.1 Å². The third-order valence-corrected chi connectivity index (χ3v) is 2.27. The molecule has 18 heavy (non-hydrogen) atoms. The molecule has 0 saturated carbocycles. The number of hydrogen-bond donors (Lipinski definition) is 3. The number of aromatic nitrogens is 3. The van der Waals surface area contributed by atoms with Gasteiger partial charge >= 0.3 is 6.03 Å². The summed E-state index contributed by atoms with van der Waals surface area (Å²) in [5.74, 6) is 0. The quantitative estimate of drug-likeness (QED) is 0.691. The number of carbonyl (C=O) groups is 1. The number of nitrogens with two attached hydrogens (primary N) is 1. The van der Waals surface area contributed by atoms with Crippen LogP contribution in [-0.4, -0.2) is 27.6 Å². The Morgan fingerprint density at radius 1 is 1.33 bits per heavy atom. The second kappa shape index (κ2) is 5.67. The molecular weight excluding hydrogens is 232 g/mol. The molecule has 0 aliphatic rings. The van der Waals surface area contributed by atoms with Crippen LogP contribution >= 0.6 is 0 Å². The third-order valence-electron chi connectivity index (χ3n) is 2.27. The maximum Gasteiger partial charge on any atom is 0.319 e. The second-order valence-corrected chi connectivity index (χ2v) is 3.67. The van der Waals surface area contributed by atoms with E-state index >= 15 is 0 Å². The summed E-state index contributed by atoms with van der Waals surface area (Å²) in [6.45, 7) is 1.05. The van der Waals surface area contributed by atoms with Crippen LogP contribution in [0.25, 0.3) is 0 Å². The van der Waals surface area contributed by atoms with E-state index in [0.717, 1.165) is 0 Å². The van der Waals surface area contributed by atoms with Gasteiger partial charge in [0.15, 0.2) is 0 Å². The molecule has 0 saturated heterocycles. The molecule has 4 N–H and O–H groups in total. The molecule has 0 unspecified atom stereocenters. The molecule has 7 heteroatoms. The first-order valence-electron chi connectivity index (χ1n) is 5.48. The summed E-state index contributed by atoms with van der Waals surface area (Å²) in [5.41, 5.74) is 6.90. The lowest BCUT2D eigenvalue weighted by Crippen LogP contribution is -2.31. The Kier molecular flexibility index (Phi) is 3.75. The molecule has 2 aromatic rings. The van der Waals surface area contributed by atoms with Crippen molar-refractivity contribution in [3.8, 4) is 0 Å². The van der Waals surface area contributed by atoms with Crippen LogP contribution in [0.2, 0.25) is 0 Å². The zero-order valence-corrected chi connectivity index (χ0v) is 9.71. The van der Waals surface area contributed by atoms with Crippen LogP contribution in [0, 0.1) is 0 Å². The number of nitrogens with one attached hydrogen (secondary N) is 2. The summed E-state index contributed by atoms with van der Waals surface area (Å²) in [6, 6.07) is 6.68. The van der Waals surface area contributed by atoms with E-state index < -0.39 is 0 Å². The van der Waals surface area contributed by atoms with Gasteiger partial charge in [-0.2, -0.15) is 0 Å². The Bertz CT molecular complexity index is 493. The molecule has 0 radical (unpaired) electrons. The minimum absolute atomic E-state index is 0.264. The fourth-order valence-corrected chi connectivity index (χ4v) is 1.38. The highest BCUT2D eigenvalue weighted by molar-refractivity contribution is 5.89. The van der Waals surface area contributed by atoms with Crippen LogP contribution in [0.3, 0.4) is 0 Å². The Hall–Kier alpha value is -2.57. The first-order chi connectivity index (χ1) is 8.74. The Labute approximate surface area is 104 Å². The fourth-order valence-electron chi connectivity index (χ4n) is 1.38. The van der Waals surface area contributed by atoms with Crippen molar-refractivity contribution in [2.45, 2.75) is 6.54 Å². The highest BCUT2D eigenvalue weighted by Crippen LogP contribution is 2.09. The van der Waals surface area contributed by atoms with Crippen LogP contribution in [0.4, 0.5) is 16.2 Å². The van der Waals surface area contributed by atoms with E-state index in [2.05, 4.69) is 20.9 Å². The molecule has 2 rings (SSSR count). The zero-order chi connectivity index (χ0) is 12.8. The number of benzene rings is 1. The van der Waals surface area contributed by atoms with Gasteiger partial charge in [0.25, 0.3) is 0 Å². The van der Waals surface area contributed by atoms with Gasteiger partial charge in [-0.1, -0.05) is 5.21 Å². The van der Waals surface area contributed by atoms with Gasteiger partial charge < -0.3 is 16.4 Å². The summed E-state index contributed by atoms with van der Waals surface area (Å²) in [4.78, 5) is 11.5. The van der Waals surface area contributed by atoms with Crippen molar-refractivity contribution in [3.63, 3.8) is 0 Å². The normalized spacial score (nSPS) is 10.0. The zero-order valence-electron chi connectivity index (χ0n) is 9.71. The summed E-state index contributed by atoms with van der Waals surface area (Å²) in [6.07, 6.45) is 3.33. The minimum atomic E-state index is -0.264. The van der Waals surface area contributed by atoms with Gasteiger partial charge in [0.1, 0.15) is 0 Å². The highest BCUT2D eigenvalue weighted by Gasteiger charge is 2.00. The number of hydrogen-bond acceptors (Lipinski definition) is 4. The second-order valence-electron chi connectivity index (χ2n) is 3.67. The molecule has 94 valence electrons. The molecule has 7 nitrogen and oxygen atoms in total. The minimum Gasteiger partial charge on any atom is -0.399 e. The van der Waals surface area contributed by atoms with Crippen LogP contribution < -0.4 is 16.4 Å². The molecule has 0 bridgehead atoms. The van der Waals surface area contributed by atoms with Gasteiger partial charge in [0.05, 0.1) is 12.7 Å². The molecule has 1 aromatic carbocycles. The Morgan fingerprint density at radius 2 is 2.11 bits per heavy atom. The average molecular weight is 246 g/mol. The standard InChI is InChI=1S/C11H14N6O/c12-9-1-3-10(4-2-9)15-11(18)13-5-7-17-8-6-14-16-17/h1-4,6,8H,5,7,12H2,(H2,13,15,18). The van der Waals surface area contributed by atoms with Gasteiger partial charge in [0.2, 0.25) is 0 Å². The maximum absolute atomic E-state index is 11.5. The molecule has 0 fully saturated rings. The van der Waals surface area contributed by atoms with Crippen molar-refractivity contribution in [1.82, 2.24) is 20.3 Å². The number of carbonyl (C=O) groups excluding carboxylic acids is 1. The van der Waals surface area contributed by atoms with E-state index in [1.807, 2.05) is 0 Å². The lowest BCUT2D eigenvalue weighted by atomic mass is 10.3. The van der Waals surface area contributed by atoms with Crippen molar-refractivity contribution in [2.75, 3.05) is 17.6 Å². The van der Waals surface area contributed by atoms with E-state index in [-0.39, 0.29) is 6.03 Å². The Balaban J connectivity index is 1.73. The first-order valence-corrected chi connectivity index (χ1v) is 5.48. The number of amides is 2. The summed E-state index contributed by atoms with van der Waals surface area (Å²) >= 11 is 0. The molecule has 1 aromatic heterocycles. The van der Waals surface area contributed by atoms with Crippen LogP contribution in [0.1, 0.15) is 0 Å². The number of rotatable bonds is 4. The molecule has 0 aliphatic carbocycles. The number of anilines is 2. The number of nitrogens with zero attached hydrogens (tertiary/aromatic N) is 3. The predicted octanol–water partition coefficient (Wildman–Crippen LogP) is 0.682. The fraction of sp³-hybridized carbons (Fsp3) is 0.182. The lowest BCUT2D eigenvalue weighted by Gasteiger charge is -2.07. The van der Waals surface area contributed by atoms with Crippen molar-refractivity contribution in [3.05, 3.63) is 36.7 Å². The van der Waals surface area contributed by atoms with Gasteiger partial charge in [-0.3, -0.25) is 4.68 Å². The SMILES string of the molecule is Nc1ccc(NC(=O)NCCn2ccnn2)cc1. The molecule has 0 spiro atoms. The molecule has 0 atom stereocenters. The number of urea groups is 1. The van der Waals surface area contributed by atoms with E-state index in [4.69, 9.17) is 5.73 Å². The van der Waals surface area contributed by atoms with Crippen LogP contribution in [0.5, 0.6) is 0 Å². The van der Waals surface area contributed by atoms with Crippen molar-refractivity contribution in [1.29, 1.82) is 0 Å². The Morgan fingerprint density at radius 3 is 2.78 bits per heavy atom. The largest absolute Gasteiger partial charge is 0.399 e. The molecule has 1 heterocycles. The average Bonchev–Trinajstić information content (AvgIpc) is 2.85. The summed E-state index contributed by atoms with van der Waals surface area (Å²) in [7, 11) is 0. The summed E-state index contributed by atoms with van der Waals surface area (Å²) < 4.78 is 1.64. The topological polar surface area (TPSA) is 97.9 Å². The predicted molar refractivity (Wildman–Crippen MR) is 67.9 cm³/mol. The smallest absolute Gasteiger partial charge is 0.319 e. The van der Waals surface area contributed by atoms with E-state index in [1.165, 1.54) is 0 Å². The number of nitrogen functional groups attached to an aromatic ring is 1. The van der Waals surface area contributed by atoms with Crippen molar-refractivity contribution < 1.29 is 4.79 Å². The summed E-state index contributed by atoms with van der Waals surface area (Å²) in [5, 5.41) is 12.9. The van der Waals surface area contributed by atoms with Crippen LogP contribution in [0.15, 0.2) is 36.7 Å². The maximum atomic E-state index is 11.5. The lowest BCUT2D eigenvalue weighted by molar-refractivity contribution is 0.251.